The number of para-hydroxylation sites is 2. The summed E-state index contributed by atoms with van der Waals surface area (Å²) < 4.78 is 19.4. The zero-order valence-corrected chi connectivity index (χ0v) is 76.8. The summed E-state index contributed by atoms with van der Waals surface area (Å²) in [4.78, 5) is 285. The average Bonchev–Trinajstić information content (AvgIpc) is 1.64. The SMILES string of the molecule is CCCCCCCCCC(=O)N[C@@H](Cc1c[nH]c2ccccc12)C(=O)N[C@@H](CC(N)=O)C(=O)N[C@@H](CCO)C(=O)N[C@@H]1C(=O)NCC(=O)N[C@@H](CCCNCc2ccc(/C=C/C(=O)N3CCN(c4ccc(F)cc4)CC3)cc2)C(=O)N[C@@H](CC(=O)O)C(=O)N[C@H](C)C(=O)N[C@@H](CC(=O)O)C(=O)NCC(=O)N[C@H](CO)C(=O)N[C@@H]([C@H](C)CC(=O)O)C(=O)N[C@@H](CC(=O)c2ccccc2N)C(=O)O[C@@H]1C. The molecule has 45 nitrogen and oxygen atoms in total. The molecule has 0 unspecified atom stereocenters. The number of ketones is 1. The van der Waals surface area contributed by atoms with Gasteiger partial charge in [0.2, 0.25) is 88.6 Å². The maximum Gasteiger partial charge on any atom is 0.329 e. The number of carboxylic acid groups (broad SMARTS) is 3. The van der Waals surface area contributed by atoms with E-state index in [2.05, 4.69) is 75.7 Å². The normalized spacial score (nSPS) is 20.4. The van der Waals surface area contributed by atoms with Crippen LogP contribution in [0.1, 0.15) is 157 Å². The fourth-order valence-electron chi connectivity index (χ4n) is 14.9. The van der Waals surface area contributed by atoms with Crippen LogP contribution in [0.15, 0.2) is 109 Å². The largest absolute Gasteiger partial charge is 0.481 e. The summed E-state index contributed by atoms with van der Waals surface area (Å²) in [6.45, 7) is 2.57. The van der Waals surface area contributed by atoms with Crippen LogP contribution in [0, 0.1) is 11.7 Å². The molecule has 2 aliphatic heterocycles. The standard InChI is InChI=1S/C92H122FN19O26/c1-5-6-7-8-9-10-11-22-73(117)102-65(41-56-47-97-62-20-15-13-17-59(56)62)87(132)106-66(43-72(95)116)88(133)104-64(33-39-113)85(130)110-81-53(4)138-92(137)69(42-71(115)60-18-12-14-19-61(60)94)108-91(136)80(51(2)40-77(121)122)109-89(134)70(50-114)103-75(119)48-98-83(128)67(44-78(123)124)105-82(127)52(3)100-86(131)68(45-79(125)126)107-84(129)63(101-74(118)49-99-90(81)135)21-16-34-96-46-55-25-23-54(24-26-55)27-32-76(120)112-37-35-111(36-38-112)58-30-28-57(93)29-31-58/h12-15,17-20,23-32,47,51-53,63-70,80-81,96-97,113-114H,5-11,16,21-22,33-46,48-50,94H2,1-4H3,(H2,95,116)(H,98,128)(H,99,135)(H,100,131)(H,101,118)(H,102,117)(H,103,119)(H,104,133)(H,105,127)(H,106,132)(H,107,129)(H,108,136)(H,109,134)(H,110,130)(H,121,122)(H,123,124)(H,125,126)/b32-27+/t51-,52-,53-,63+,64+,65+,66+,67+,68+,69+,70-,80+,81+/m1/s1. The quantitative estimate of drug-likeness (QED) is 0.00639. The van der Waals surface area contributed by atoms with E-state index < -0.39 is 256 Å². The van der Waals surface area contributed by atoms with Crippen LogP contribution in [0.2, 0.25) is 0 Å². The highest BCUT2D eigenvalue weighted by atomic mass is 19.1. The van der Waals surface area contributed by atoms with Crippen LogP contribution in [0.4, 0.5) is 15.8 Å². The first-order valence-electron chi connectivity index (χ1n) is 45.2. The van der Waals surface area contributed by atoms with E-state index in [0.717, 1.165) is 64.1 Å². The number of hydrogen-bond acceptors (Lipinski definition) is 26. The topological polar surface area (TPSA) is 695 Å². The number of nitrogens with two attached hydrogens (primary N) is 2. The first-order valence-corrected chi connectivity index (χ1v) is 45.2. The number of amides is 15. The van der Waals surface area contributed by atoms with Crippen molar-refractivity contribution >= 4 is 147 Å². The van der Waals surface area contributed by atoms with Gasteiger partial charge in [-0.05, 0) is 117 Å². The molecule has 2 saturated heterocycles. The molecule has 3 heterocycles. The number of aromatic nitrogens is 1. The number of aromatic amines is 1. The molecule has 0 bridgehead atoms. The Morgan fingerprint density at radius 3 is 1.80 bits per heavy atom. The molecule has 15 amide bonds. The van der Waals surface area contributed by atoms with E-state index in [1.165, 1.54) is 42.5 Å². The molecule has 0 saturated carbocycles. The number of Topliss-reactive ketones (excluding diaryl/α,β-unsaturated/α-hetero) is 1. The lowest BCUT2D eigenvalue weighted by atomic mass is 9.96. The number of piperazine rings is 1. The fraction of sp³-hybridized carbons (Fsp3) is 0.478. The number of aliphatic carboxylic acids is 3. The van der Waals surface area contributed by atoms with Gasteiger partial charge in [0.25, 0.3) is 0 Å². The van der Waals surface area contributed by atoms with Crippen molar-refractivity contribution in [2.24, 2.45) is 11.7 Å². The Labute approximate surface area is 792 Å². The summed E-state index contributed by atoms with van der Waals surface area (Å²) in [6, 6.07) is 3.14. The van der Waals surface area contributed by atoms with E-state index >= 15 is 14.4 Å². The van der Waals surface area contributed by atoms with E-state index in [1.807, 2.05) is 15.5 Å². The van der Waals surface area contributed by atoms with E-state index in [-0.39, 0.29) is 61.7 Å². The number of cyclic esters (lactones) is 1. The summed E-state index contributed by atoms with van der Waals surface area (Å²) >= 11 is 0. The van der Waals surface area contributed by atoms with Crippen LogP contribution in [0.25, 0.3) is 17.0 Å². The lowest BCUT2D eigenvalue weighted by Gasteiger charge is -2.35. The Bertz CT molecular complexity index is 5170. The number of fused-ring (bicyclic) bond motifs is 1. The second-order valence-electron chi connectivity index (χ2n) is 33.4. The van der Waals surface area contributed by atoms with Gasteiger partial charge < -0.3 is 131 Å². The minimum Gasteiger partial charge on any atom is -0.481 e. The van der Waals surface area contributed by atoms with E-state index in [1.54, 1.807) is 77.8 Å². The molecule has 4 aromatic carbocycles. The Kier molecular flexibility index (Phi) is 44.6. The minimum absolute atomic E-state index is 0.00129. The molecule has 0 radical (unpaired) electrons. The number of rotatable bonds is 41. The number of halogens is 1. The number of carbonyl (C=O) groups is 20. The van der Waals surface area contributed by atoms with E-state index in [4.69, 9.17) is 16.2 Å². The van der Waals surface area contributed by atoms with Gasteiger partial charge in [-0.2, -0.15) is 0 Å². The van der Waals surface area contributed by atoms with E-state index in [9.17, 15) is 111 Å². The lowest BCUT2D eigenvalue weighted by Crippen LogP contribution is -2.61. The maximum absolute atomic E-state index is 15.1. The van der Waals surface area contributed by atoms with E-state index in [0.29, 0.717) is 61.1 Å². The number of hydrogen-bond donors (Lipinski definition) is 22. The van der Waals surface area contributed by atoms with Crippen LogP contribution in [-0.2, 0) is 109 Å². The molecule has 13 atom stereocenters. The number of ether oxygens (including phenoxy) is 1. The van der Waals surface area contributed by atoms with Crippen LogP contribution in [0.3, 0.4) is 0 Å². The van der Waals surface area contributed by atoms with Crippen molar-refractivity contribution in [2.45, 2.75) is 216 Å². The number of carbonyl (C=O) groups excluding carboxylic acids is 17. The van der Waals surface area contributed by atoms with Crippen molar-refractivity contribution < 1.29 is 131 Å². The van der Waals surface area contributed by atoms with Crippen molar-refractivity contribution in [3.63, 3.8) is 0 Å². The number of primary amides is 1. The molecule has 5 aromatic rings. The van der Waals surface area contributed by atoms with Crippen LogP contribution >= 0.6 is 0 Å². The summed E-state index contributed by atoms with van der Waals surface area (Å²) in [5.74, 6) is -27.8. The lowest BCUT2D eigenvalue weighted by molar-refractivity contribution is -0.156. The zero-order valence-electron chi connectivity index (χ0n) is 76.8. The smallest absolute Gasteiger partial charge is 0.329 e. The molecule has 24 N–H and O–H groups in total. The number of H-pyrrole nitrogens is 1. The molecule has 748 valence electrons. The monoisotopic (exact) mass is 1930 g/mol. The van der Waals surface area contributed by atoms with Crippen molar-refractivity contribution in [2.75, 3.05) is 69.7 Å². The van der Waals surface area contributed by atoms with Gasteiger partial charge in [-0.15, -0.1) is 0 Å². The molecular formula is C92H122FN19O26. The number of nitrogens with one attached hydrogen (secondary N) is 15. The Balaban J connectivity index is 1.23. The number of nitrogen functional groups attached to an aromatic ring is 1. The number of unbranched alkanes of at least 4 members (excludes halogenated alkanes) is 6. The Morgan fingerprint density at radius 1 is 0.580 bits per heavy atom. The van der Waals surface area contributed by atoms with Gasteiger partial charge in [-0.1, -0.05) is 107 Å². The molecule has 2 aliphatic rings. The fourth-order valence-corrected chi connectivity index (χ4v) is 14.9. The predicted octanol–water partition coefficient (Wildman–Crippen LogP) is -2.38. The number of carboxylic acids is 3. The van der Waals surface area contributed by atoms with Gasteiger partial charge in [0, 0.05) is 98.7 Å². The second kappa shape index (κ2) is 55.9. The number of aliphatic hydroxyl groups is 2. The van der Waals surface area contributed by atoms with Gasteiger partial charge in [0.15, 0.2) is 5.78 Å². The van der Waals surface area contributed by atoms with Gasteiger partial charge >= 0.3 is 23.9 Å². The first-order chi connectivity index (χ1) is 65.7. The van der Waals surface area contributed by atoms with Crippen LogP contribution in [-0.4, -0.2) is 285 Å². The van der Waals surface area contributed by atoms with Gasteiger partial charge in [-0.3, -0.25) is 91.1 Å². The Morgan fingerprint density at radius 2 is 1.17 bits per heavy atom. The molecule has 7 rings (SSSR count). The van der Waals surface area contributed by atoms with Gasteiger partial charge in [0.1, 0.15) is 78.4 Å². The third-order valence-electron chi connectivity index (χ3n) is 22.6. The highest BCUT2D eigenvalue weighted by molar-refractivity contribution is 6.05. The van der Waals surface area contributed by atoms with Gasteiger partial charge in [0.05, 0.1) is 45.4 Å². The number of aliphatic hydroxyl groups excluding tert-OH is 2. The highest BCUT2D eigenvalue weighted by Crippen LogP contribution is 2.24. The minimum atomic E-state index is -2.37. The second-order valence-corrected chi connectivity index (χ2v) is 33.4. The summed E-state index contributed by atoms with van der Waals surface area (Å²) in [6.07, 6.45) is 1.70. The first kappa shape index (κ1) is 110. The highest BCUT2D eigenvalue weighted by Gasteiger charge is 2.41. The number of anilines is 2. The zero-order chi connectivity index (χ0) is 101. The summed E-state index contributed by atoms with van der Waals surface area (Å²) in [5, 5.41) is 84.0. The molecule has 0 spiro atoms. The summed E-state index contributed by atoms with van der Waals surface area (Å²) in [7, 11) is 0. The molecule has 2 fully saturated rings. The number of benzene rings is 4. The third kappa shape index (κ3) is 36.4. The molecular weight excluding hydrogens is 1810 g/mol. The third-order valence-corrected chi connectivity index (χ3v) is 22.6. The van der Waals surface area contributed by atoms with Crippen molar-refractivity contribution in [3.8, 4) is 0 Å². The molecule has 0 aliphatic carbocycles. The molecule has 1 aromatic heterocycles. The maximum atomic E-state index is 15.1. The van der Waals surface area contributed by atoms with Crippen LogP contribution < -0.4 is 90.8 Å². The summed E-state index contributed by atoms with van der Waals surface area (Å²) in [5.41, 5.74) is 14.8. The number of esters is 1. The van der Waals surface area contributed by atoms with Crippen molar-refractivity contribution in [1.29, 1.82) is 0 Å². The van der Waals surface area contributed by atoms with Crippen molar-refractivity contribution in [3.05, 3.63) is 137 Å². The average molecular weight is 1930 g/mol. The molecule has 138 heavy (non-hydrogen) atoms. The molecule has 46 heteroatoms. The van der Waals surface area contributed by atoms with Crippen LogP contribution in [0.5, 0.6) is 0 Å². The van der Waals surface area contributed by atoms with Gasteiger partial charge in [-0.25, -0.2) is 9.18 Å². The number of nitrogens with zero attached hydrogens (tertiary/aromatic N) is 2. The Hall–Kier alpha value is -14.8. The van der Waals surface area contributed by atoms with Crippen molar-refractivity contribution in [1.82, 2.24) is 84.3 Å². The predicted molar refractivity (Wildman–Crippen MR) is 493 cm³/mol.